The zero-order chi connectivity index (χ0) is 28.6. The lowest BCUT2D eigenvalue weighted by Gasteiger charge is -2.24. The minimum absolute atomic E-state index is 0.128. The van der Waals surface area contributed by atoms with Crippen LogP contribution in [0.25, 0.3) is 17.4 Å². The number of nitrogens with zero attached hydrogens (tertiary/aromatic N) is 3. The second-order valence-electron chi connectivity index (χ2n) is 8.70. The van der Waals surface area contributed by atoms with Crippen molar-refractivity contribution in [1.29, 1.82) is 0 Å². The lowest BCUT2D eigenvalue weighted by molar-refractivity contribution is -0.384. The zero-order valence-corrected chi connectivity index (χ0v) is 23.1. The van der Waals surface area contributed by atoms with Crippen molar-refractivity contribution in [2.45, 2.75) is 19.9 Å². The molecular weight excluding hydrogens is 558 g/mol. The second-order valence-corrected chi connectivity index (χ2v) is 10.1. The van der Waals surface area contributed by atoms with Crippen LogP contribution in [0, 0.1) is 10.1 Å². The molecule has 0 aliphatic carbocycles. The molecule has 1 aliphatic rings. The van der Waals surface area contributed by atoms with Gasteiger partial charge in [0.1, 0.15) is 17.3 Å². The summed E-state index contributed by atoms with van der Waals surface area (Å²) in [5.74, 6) is 0.727. The third-order valence-corrected chi connectivity index (χ3v) is 7.59. The highest BCUT2D eigenvalue weighted by atomic mass is 35.5. The summed E-state index contributed by atoms with van der Waals surface area (Å²) in [5.41, 5.74) is 1.26. The molecule has 0 fully saturated rings. The normalized spacial score (nSPS) is 15.0. The number of benzene rings is 2. The number of nitro groups is 1. The van der Waals surface area contributed by atoms with E-state index in [9.17, 15) is 19.7 Å². The summed E-state index contributed by atoms with van der Waals surface area (Å²) in [4.78, 5) is 42.4. The molecule has 1 aliphatic heterocycles. The maximum absolute atomic E-state index is 13.8. The number of thiazole rings is 1. The number of aromatic nitrogens is 1. The average molecular weight is 580 g/mol. The van der Waals surface area contributed by atoms with E-state index in [4.69, 9.17) is 25.5 Å². The number of esters is 1. The van der Waals surface area contributed by atoms with Crippen LogP contribution < -0.4 is 19.6 Å². The third-order valence-electron chi connectivity index (χ3n) is 6.27. The molecule has 40 heavy (non-hydrogen) atoms. The van der Waals surface area contributed by atoms with Gasteiger partial charge in [-0.2, -0.15) is 0 Å². The summed E-state index contributed by atoms with van der Waals surface area (Å²) in [6.45, 7) is 3.59. The van der Waals surface area contributed by atoms with E-state index in [2.05, 4.69) is 4.99 Å². The Bertz CT molecular complexity index is 1850. The number of furan rings is 1. The predicted molar refractivity (Wildman–Crippen MR) is 149 cm³/mol. The molecule has 12 heteroatoms. The van der Waals surface area contributed by atoms with E-state index >= 15 is 0 Å². The minimum atomic E-state index is -0.765. The lowest BCUT2D eigenvalue weighted by atomic mass is 9.96. The van der Waals surface area contributed by atoms with Gasteiger partial charge in [-0.25, -0.2) is 9.79 Å². The first-order valence-corrected chi connectivity index (χ1v) is 13.3. The summed E-state index contributed by atoms with van der Waals surface area (Å²) in [6.07, 6.45) is 1.56. The number of allylic oxidation sites excluding steroid dienone is 1. The van der Waals surface area contributed by atoms with Crippen molar-refractivity contribution in [2.75, 3.05) is 13.7 Å². The minimum Gasteiger partial charge on any atom is -0.497 e. The average Bonchev–Trinajstić information content (AvgIpc) is 3.52. The van der Waals surface area contributed by atoms with E-state index in [0.717, 1.165) is 11.3 Å². The Hall–Kier alpha value is -4.48. The molecule has 0 amide bonds. The van der Waals surface area contributed by atoms with Crippen LogP contribution in [0.4, 0.5) is 5.69 Å². The number of hydrogen-bond donors (Lipinski definition) is 0. The topological polar surface area (TPSA) is 126 Å². The lowest BCUT2D eigenvalue weighted by Crippen LogP contribution is -2.39. The van der Waals surface area contributed by atoms with Gasteiger partial charge in [0, 0.05) is 23.8 Å². The molecule has 2 aromatic carbocycles. The highest BCUT2D eigenvalue weighted by Gasteiger charge is 2.33. The largest absolute Gasteiger partial charge is 0.497 e. The third kappa shape index (κ3) is 4.96. The van der Waals surface area contributed by atoms with Crippen LogP contribution in [0.3, 0.4) is 0 Å². The molecular formula is C28H22ClN3O7S. The summed E-state index contributed by atoms with van der Waals surface area (Å²) in [5, 5.41) is 11.5. The molecule has 204 valence electrons. The highest BCUT2D eigenvalue weighted by Crippen LogP contribution is 2.33. The molecule has 0 saturated carbocycles. The number of hydrogen-bond acceptors (Lipinski definition) is 9. The second kappa shape index (κ2) is 10.9. The Morgan fingerprint density at radius 2 is 1.98 bits per heavy atom. The molecule has 0 unspecified atom stereocenters. The standard InChI is InChI=1S/C28H22ClN3O7S/c1-4-38-27(34)24-15(2)30-28-31(25(24)16-5-8-18(37-3)9-6-16)26(33)23(40-28)14-19-10-12-22(39-19)20-13-17(32(35)36)7-11-21(20)29/h5-14,25H,4H2,1-3H3/b23-14+/t25-/m0/s1. The van der Waals surface area contributed by atoms with Gasteiger partial charge in [0.05, 0.1) is 45.5 Å². The van der Waals surface area contributed by atoms with Gasteiger partial charge in [0.25, 0.3) is 11.2 Å². The first-order chi connectivity index (χ1) is 19.2. The van der Waals surface area contributed by atoms with Crippen molar-refractivity contribution in [1.82, 2.24) is 4.57 Å². The summed E-state index contributed by atoms with van der Waals surface area (Å²) in [6, 6.07) is 13.7. The fraction of sp³-hybridized carbons (Fsp3) is 0.179. The Labute approximate surface area is 236 Å². The number of ether oxygens (including phenoxy) is 2. The van der Waals surface area contributed by atoms with Crippen molar-refractivity contribution in [3.8, 4) is 17.1 Å². The Balaban J connectivity index is 1.62. The van der Waals surface area contributed by atoms with Gasteiger partial charge >= 0.3 is 5.97 Å². The van der Waals surface area contributed by atoms with E-state index in [-0.39, 0.29) is 28.4 Å². The van der Waals surface area contributed by atoms with Gasteiger partial charge < -0.3 is 13.9 Å². The Morgan fingerprint density at radius 3 is 2.65 bits per heavy atom. The first kappa shape index (κ1) is 27.1. The smallest absolute Gasteiger partial charge is 0.338 e. The Kier molecular flexibility index (Phi) is 7.42. The molecule has 3 heterocycles. The molecule has 4 aromatic rings. The molecule has 1 atom stereocenters. The fourth-order valence-electron chi connectivity index (χ4n) is 4.41. The number of carbonyl (C=O) groups is 1. The van der Waals surface area contributed by atoms with Crippen LogP contribution in [0.1, 0.15) is 31.2 Å². The number of rotatable bonds is 7. The van der Waals surface area contributed by atoms with E-state index < -0.39 is 16.9 Å². The fourth-order valence-corrected chi connectivity index (χ4v) is 5.65. The van der Waals surface area contributed by atoms with Crippen LogP contribution in [-0.2, 0) is 9.53 Å². The number of nitro benzene ring substituents is 1. The number of non-ortho nitro benzene ring substituents is 1. The summed E-state index contributed by atoms with van der Waals surface area (Å²) in [7, 11) is 1.55. The van der Waals surface area contributed by atoms with Crippen LogP contribution >= 0.6 is 22.9 Å². The van der Waals surface area contributed by atoms with E-state index in [1.165, 1.54) is 22.8 Å². The monoisotopic (exact) mass is 579 g/mol. The van der Waals surface area contributed by atoms with Gasteiger partial charge in [-0.1, -0.05) is 35.1 Å². The van der Waals surface area contributed by atoms with Crippen LogP contribution in [0.2, 0.25) is 5.02 Å². The van der Waals surface area contributed by atoms with E-state index in [1.54, 1.807) is 63.4 Å². The number of carbonyl (C=O) groups excluding carboxylic acids is 1. The number of halogens is 1. The summed E-state index contributed by atoms with van der Waals surface area (Å²) < 4.78 is 18.3. The van der Waals surface area contributed by atoms with Crippen molar-refractivity contribution in [2.24, 2.45) is 4.99 Å². The summed E-state index contributed by atoms with van der Waals surface area (Å²) >= 11 is 7.41. The van der Waals surface area contributed by atoms with Gasteiger partial charge in [-0.3, -0.25) is 19.5 Å². The quantitative estimate of drug-likeness (QED) is 0.177. The zero-order valence-electron chi connectivity index (χ0n) is 21.5. The molecule has 0 radical (unpaired) electrons. The number of methoxy groups -OCH3 is 1. The van der Waals surface area contributed by atoms with Gasteiger partial charge in [-0.05, 0) is 49.7 Å². The van der Waals surface area contributed by atoms with Crippen molar-refractivity contribution in [3.05, 3.63) is 112 Å². The predicted octanol–water partition coefficient (Wildman–Crippen LogP) is 4.63. The van der Waals surface area contributed by atoms with E-state index in [1.807, 2.05) is 0 Å². The molecule has 10 nitrogen and oxygen atoms in total. The molecule has 5 rings (SSSR count). The van der Waals surface area contributed by atoms with Crippen molar-refractivity contribution < 1.29 is 23.6 Å². The maximum atomic E-state index is 13.8. The SMILES string of the molecule is CCOC(=O)C1=C(C)N=c2s/c(=C/c3ccc(-c4cc([N+](=O)[O-])ccc4Cl)o3)c(=O)n2[C@H]1c1ccc(OC)cc1. The number of fused-ring (bicyclic) bond motifs is 1. The van der Waals surface area contributed by atoms with Crippen LogP contribution in [0.5, 0.6) is 5.75 Å². The highest BCUT2D eigenvalue weighted by molar-refractivity contribution is 7.07. The van der Waals surface area contributed by atoms with Crippen LogP contribution in [-0.4, -0.2) is 29.2 Å². The van der Waals surface area contributed by atoms with Crippen LogP contribution in [0.15, 0.2) is 80.1 Å². The molecule has 2 aromatic heterocycles. The van der Waals surface area contributed by atoms with Crippen molar-refractivity contribution >= 4 is 40.7 Å². The Morgan fingerprint density at radius 1 is 1.23 bits per heavy atom. The first-order valence-electron chi connectivity index (χ1n) is 12.1. The molecule has 0 saturated heterocycles. The molecule has 0 N–H and O–H groups in total. The molecule has 0 bridgehead atoms. The van der Waals surface area contributed by atoms with Crippen molar-refractivity contribution in [3.63, 3.8) is 0 Å². The van der Waals surface area contributed by atoms with E-state index in [0.29, 0.717) is 43.4 Å². The molecule has 0 spiro atoms. The van der Waals surface area contributed by atoms with Gasteiger partial charge in [-0.15, -0.1) is 0 Å². The maximum Gasteiger partial charge on any atom is 0.338 e. The van der Waals surface area contributed by atoms with Gasteiger partial charge in [0.15, 0.2) is 4.80 Å². The van der Waals surface area contributed by atoms with Gasteiger partial charge in [0.2, 0.25) is 0 Å².